The van der Waals surface area contributed by atoms with Crippen LogP contribution in [0.5, 0.6) is 0 Å². The Hall–Kier alpha value is -3.44. The van der Waals surface area contributed by atoms with Crippen molar-refractivity contribution in [3.63, 3.8) is 0 Å². The summed E-state index contributed by atoms with van der Waals surface area (Å²) in [4.78, 5) is 16.0. The average Bonchev–Trinajstić information content (AvgIpc) is 3.55. The Morgan fingerprint density at radius 1 is 0.529 bits per heavy atom. The Balaban J connectivity index is 0.000000227. The van der Waals surface area contributed by atoms with E-state index >= 15 is 0 Å². The number of nitrogens with zero attached hydrogens (tertiary/aromatic N) is 10. The summed E-state index contributed by atoms with van der Waals surface area (Å²) in [5.41, 5.74) is 0. The lowest BCUT2D eigenvalue weighted by Gasteiger charge is -2.00. The maximum atomic E-state index is 4.07. The van der Waals surface area contributed by atoms with Crippen LogP contribution in [0.1, 0.15) is 102 Å². The number of hydrogen-bond donors (Lipinski definition) is 2. The van der Waals surface area contributed by atoms with E-state index in [1.165, 1.54) is 12.7 Å². The van der Waals surface area contributed by atoms with E-state index < -0.39 is 0 Å². The predicted octanol–water partition coefficient (Wildman–Crippen LogP) is 3.73. The van der Waals surface area contributed by atoms with Gasteiger partial charge in [0, 0.05) is 37.8 Å². The van der Waals surface area contributed by atoms with Crippen LogP contribution in [0.2, 0.25) is 0 Å². The third-order valence-corrected chi connectivity index (χ3v) is 4.49. The standard InChI is InChI=1S/2C6H11N3.2C5H9N3/c2*1-5(2)6-7-4-8-9(6)3;2*1-4(2)5-6-3-7-8-5/h2*4-5H,1-3H3;2*3-4H,1-2H3,(H,6,7,8). The Morgan fingerprint density at radius 2 is 0.882 bits per heavy atom. The van der Waals surface area contributed by atoms with Crippen molar-refractivity contribution in [2.24, 2.45) is 14.1 Å². The molecule has 4 heterocycles. The quantitative estimate of drug-likeness (QED) is 0.457. The van der Waals surface area contributed by atoms with Crippen molar-refractivity contribution in [2.45, 2.75) is 79.1 Å². The zero-order chi connectivity index (χ0) is 25.7. The molecule has 4 rings (SSSR count). The van der Waals surface area contributed by atoms with Gasteiger partial charge >= 0.3 is 0 Å². The van der Waals surface area contributed by atoms with E-state index in [9.17, 15) is 0 Å². The first-order valence-electron chi connectivity index (χ1n) is 11.4. The fourth-order valence-corrected chi connectivity index (χ4v) is 2.64. The van der Waals surface area contributed by atoms with E-state index in [-0.39, 0.29) is 0 Å². The van der Waals surface area contributed by atoms with Gasteiger partial charge in [0.05, 0.1) is 0 Å². The lowest BCUT2D eigenvalue weighted by atomic mass is 10.2. The van der Waals surface area contributed by atoms with Gasteiger partial charge in [0.25, 0.3) is 0 Å². The second-order valence-corrected chi connectivity index (χ2v) is 8.84. The number of hydrogen-bond acceptors (Lipinski definition) is 8. The van der Waals surface area contributed by atoms with Gasteiger partial charge in [-0.15, -0.1) is 0 Å². The van der Waals surface area contributed by atoms with Gasteiger partial charge in [0.15, 0.2) is 0 Å². The highest BCUT2D eigenvalue weighted by atomic mass is 15.3. The van der Waals surface area contributed by atoms with E-state index in [0.29, 0.717) is 23.7 Å². The molecule has 0 saturated heterocycles. The van der Waals surface area contributed by atoms with E-state index in [2.05, 4.69) is 106 Å². The Morgan fingerprint density at radius 3 is 1.00 bits per heavy atom. The summed E-state index contributed by atoms with van der Waals surface area (Å²) in [6.45, 7) is 16.7. The number of aromatic amines is 2. The first-order chi connectivity index (χ1) is 16.0. The molecule has 4 aromatic heterocycles. The summed E-state index contributed by atoms with van der Waals surface area (Å²) in [5, 5.41) is 20.9. The molecule has 0 atom stereocenters. The van der Waals surface area contributed by atoms with Crippen molar-refractivity contribution in [1.82, 2.24) is 59.9 Å². The summed E-state index contributed by atoms with van der Waals surface area (Å²) >= 11 is 0. The van der Waals surface area contributed by atoms with Crippen LogP contribution >= 0.6 is 0 Å². The minimum atomic E-state index is 0.456. The smallest absolute Gasteiger partial charge is 0.138 e. The fourth-order valence-electron chi connectivity index (χ4n) is 2.64. The molecule has 0 aliphatic heterocycles. The molecule has 188 valence electrons. The average molecular weight is 473 g/mol. The zero-order valence-corrected chi connectivity index (χ0v) is 22.1. The third-order valence-electron chi connectivity index (χ3n) is 4.49. The SMILES string of the molecule is CC(C)c1ncn[nH]1.CC(C)c1ncn[nH]1.CC(C)c1ncnn1C.CC(C)c1ncnn1C. The van der Waals surface area contributed by atoms with Crippen LogP contribution in [0.15, 0.2) is 25.3 Å². The summed E-state index contributed by atoms with van der Waals surface area (Å²) in [6.07, 6.45) is 6.20. The molecule has 0 aromatic carbocycles. The molecular formula is C22H40N12. The zero-order valence-electron chi connectivity index (χ0n) is 22.1. The van der Waals surface area contributed by atoms with Crippen molar-refractivity contribution in [3.8, 4) is 0 Å². The molecule has 0 unspecified atom stereocenters. The maximum absolute atomic E-state index is 4.07. The lowest BCUT2D eigenvalue weighted by molar-refractivity contribution is 0.655. The first kappa shape index (κ1) is 28.6. The molecule has 4 aromatic rings. The molecule has 0 saturated carbocycles. The molecule has 0 aliphatic rings. The number of aromatic nitrogens is 12. The highest BCUT2D eigenvalue weighted by molar-refractivity contribution is 4.90. The van der Waals surface area contributed by atoms with Gasteiger partial charge in [-0.2, -0.15) is 20.4 Å². The molecular weight excluding hydrogens is 432 g/mol. The predicted molar refractivity (Wildman–Crippen MR) is 131 cm³/mol. The lowest BCUT2D eigenvalue weighted by Crippen LogP contribution is -2.00. The van der Waals surface area contributed by atoms with Gasteiger partial charge < -0.3 is 0 Å². The first-order valence-corrected chi connectivity index (χ1v) is 11.4. The van der Waals surface area contributed by atoms with Crippen LogP contribution in [-0.4, -0.2) is 59.9 Å². The van der Waals surface area contributed by atoms with E-state index in [0.717, 1.165) is 23.3 Å². The molecule has 2 N–H and O–H groups in total. The van der Waals surface area contributed by atoms with Crippen molar-refractivity contribution in [3.05, 3.63) is 48.6 Å². The molecule has 0 spiro atoms. The molecule has 0 amide bonds. The number of H-pyrrole nitrogens is 2. The number of nitrogens with one attached hydrogen (secondary N) is 2. The number of aryl methyl sites for hydroxylation is 2. The summed E-state index contributed by atoms with van der Waals surface area (Å²) in [6, 6.07) is 0. The van der Waals surface area contributed by atoms with Gasteiger partial charge in [-0.3, -0.25) is 19.6 Å². The van der Waals surface area contributed by atoms with E-state index in [1.807, 2.05) is 14.1 Å². The molecule has 12 nitrogen and oxygen atoms in total. The molecule has 0 fully saturated rings. The maximum Gasteiger partial charge on any atom is 0.138 e. The number of rotatable bonds is 4. The van der Waals surface area contributed by atoms with Gasteiger partial charge in [0.1, 0.15) is 48.6 Å². The monoisotopic (exact) mass is 472 g/mol. The molecule has 12 heteroatoms. The van der Waals surface area contributed by atoms with Crippen LogP contribution in [0.4, 0.5) is 0 Å². The van der Waals surface area contributed by atoms with Gasteiger partial charge in [-0.25, -0.2) is 19.9 Å². The second kappa shape index (κ2) is 14.7. The minimum Gasteiger partial charge on any atom is -0.263 e. The highest BCUT2D eigenvalue weighted by Gasteiger charge is 2.04. The Bertz CT molecular complexity index is 912. The summed E-state index contributed by atoms with van der Waals surface area (Å²) in [7, 11) is 3.81. The van der Waals surface area contributed by atoms with Gasteiger partial charge in [-0.05, 0) is 0 Å². The van der Waals surface area contributed by atoms with Crippen LogP contribution < -0.4 is 0 Å². The second-order valence-electron chi connectivity index (χ2n) is 8.84. The van der Waals surface area contributed by atoms with Gasteiger partial charge in [0.2, 0.25) is 0 Å². The van der Waals surface area contributed by atoms with Crippen molar-refractivity contribution < 1.29 is 0 Å². The van der Waals surface area contributed by atoms with Crippen LogP contribution in [0.25, 0.3) is 0 Å². The molecule has 0 radical (unpaired) electrons. The topological polar surface area (TPSA) is 145 Å². The minimum absolute atomic E-state index is 0.456. The summed E-state index contributed by atoms with van der Waals surface area (Å²) in [5.74, 6) is 5.82. The van der Waals surface area contributed by atoms with E-state index in [1.54, 1.807) is 22.0 Å². The van der Waals surface area contributed by atoms with Crippen LogP contribution in [-0.2, 0) is 14.1 Å². The normalized spacial score (nSPS) is 10.5. The highest BCUT2D eigenvalue weighted by Crippen LogP contribution is 2.08. The Kier molecular flexibility index (Phi) is 12.3. The van der Waals surface area contributed by atoms with E-state index in [4.69, 9.17) is 0 Å². The molecule has 0 bridgehead atoms. The van der Waals surface area contributed by atoms with Crippen molar-refractivity contribution in [1.29, 1.82) is 0 Å². The van der Waals surface area contributed by atoms with Crippen LogP contribution in [0.3, 0.4) is 0 Å². The largest absolute Gasteiger partial charge is 0.263 e. The molecule has 0 aliphatic carbocycles. The summed E-state index contributed by atoms with van der Waals surface area (Å²) < 4.78 is 3.59. The van der Waals surface area contributed by atoms with Crippen LogP contribution in [0, 0.1) is 0 Å². The fraction of sp³-hybridized carbons (Fsp3) is 0.636. The third kappa shape index (κ3) is 10.0. The Labute approximate surface area is 202 Å². The molecule has 34 heavy (non-hydrogen) atoms. The van der Waals surface area contributed by atoms with Gasteiger partial charge in [-0.1, -0.05) is 55.4 Å². The van der Waals surface area contributed by atoms with Crippen molar-refractivity contribution >= 4 is 0 Å². The van der Waals surface area contributed by atoms with Crippen molar-refractivity contribution in [2.75, 3.05) is 0 Å².